The highest BCUT2D eigenvalue weighted by Crippen LogP contribution is 2.25. The molecule has 1 N–H and O–H groups in total. The zero-order valence-corrected chi connectivity index (χ0v) is 13.5. The summed E-state index contributed by atoms with van der Waals surface area (Å²) >= 11 is 3.34. The summed E-state index contributed by atoms with van der Waals surface area (Å²) in [7, 11) is 3.06. The molecule has 1 amide bonds. The van der Waals surface area contributed by atoms with Gasteiger partial charge in [0, 0.05) is 10.7 Å². The number of nitrogens with zero attached hydrogens (tertiary/aromatic N) is 1. The molecule has 0 unspecified atom stereocenters. The number of pyridine rings is 1. The number of methoxy groups -OCH3 is 2. The van der Waals surface area contributed by atoms with Crippen molar-refractivity contribution in [1.29, 1.82) is 0 Å². The molecule has 0 aliphatic heterocycles. The Labute approximate surface area is 131 Å². The van der Waals surface area contributed by atoms with Gasteiger partial charge in [0.05, 0.1) is 19.8 Å². The number of halogens is 1. The lowest BCUT2D eigenvalue weighted by atomic mass is 10.1. The first kappa shape index (κ1) is 15.3. The molecule has 1 heterocycles. The second-order valence-electron chi connectivity index (χ2n) is 4.34. The number of carbonyl (C=O) groups is 1. The maximum absolute atomic E-state index is 12.4. The number of benzene rings is 1. The zero-order valence-electron chi connectivity index (χ0n) is 11.9. The molecule has 1 aromatic carbocycles. The van der Waals surface area contributed by atoms with Gasteiger partial charge in [0.25, 0.3) is 5.91 Å². The summed E-state index contributed by atoms with van der Waals surface area (Å²) in [4.78, 5) is 16.6. The van der Waals surface area contributed by atoms with E-state index in [9.17, 15) is 4.79 Å². The van der Waals surface area contributed by atoms with E-state index in [0.29, 0.717) is 22.9 Å². The molecule has 21 heavy (non-hydrogen) atoms. The molecule has 1 aromatic heterocycles. The third kappa shape index (κ3) is 3.52. The van der Waals surface area contributed by atoms with Crippen molar-refractivity contribution in [1.82, 2.24) is 4.98 Å². The van der Waals surface area contributed by atoms with Crippen LogP contribution in [-0.4, -0.2) is 25.1 Å². The van der Waals surface area contributed by atoms with Gasteiger partial charge in [-0.15, -0.1) is 0 Å². The predicted molar refractivity (Wildman–Crippen MR) is 84.2 cm³/mol. The number of anilines is 1. The Kier molecular flexibility index (Phi) is 4.80. The summed E-state index contributed by atoms with van der Waals surface area (Å²) in [5.74, 6) is 1.27. The first-order valence-corrected chi connectivity index (χ1v) is 7.00. The summed E-state index contributed by atoms with van der Waals surface area (Å²) in [5, 5.41) is 2.77. The number of hydrogen-bond donors (Lipinski definition) is 1. The second kappa shape index (κ2) is 6.58. The number of hydrogen-bond acceptors (Lipinski definition) is 4. The van der Waals surface area contributed by atoms with Gasteiger partial charge in [-0.3, -0.25) is 4.79 Å². The summed E-state index contributed by atoms with van der Waals surface area (Å²) < 4.78 is 11.2. The van der Waals surface area contributed by atoms with Crippen LogP contribution >= 0.6 is 15.9 Å². The van der Waals surface area contributed by atoms with Crippen molar-refractivity contribution >= 4 is 27.7 Å². The molecule has 0 atom stereocenters. The highest BCUT2D eigenvalue weighted by Gasteiger charge is 2.15. The molecule has 0 fully saturated rings. The van der Waals surface area contributed by atoms with Gasteiger partial charge in [-0.25, -0.2) is 4.98 Å². The molecule has 2 rings (SSSR count). The lowest BCUT2D eigenvalue weighted by Gasteiger charge is -2.11. The van der Waals surface area contributed by atoms with Crippen molar-refractivity contribution < 1.29 is 14.3 Å². The fraction of sp³-hybridized carbons (Fsp3) is 0.200. The molecule has 0 saturated carbocycles. The minimum Gasteiger partial charge on any atom is -0.497 e. The van der Waals surface area contributed by atoms with Crippen LogP contribution < -0.4 is 14.8 Å². The van der Waals surface area contributed by atoms with Gasteiger partial charge in [0.2, 0.25) is 0 Å². The number of rotatable bonds is 4. The van der Waals surface area contributed by atoms with Gasteiger partial charge in [0.15, 0.2) is 0 Å². The summed E-state index contributed by atoms with van der Waals surface area (Å²) in [6.07, 6.45) is 1.63. The van der Waals surface area contributed by atoms with Crippen LogP contribution in [0.25, 0.3) is 0 Å². The van der Waals surface area contributed by atoms with Crippen LogP contribution in [0.3, 0.4) is 0 Å². The van der Waals surface area contributed by atoms with Gasteiger partial charge in [-0.05, 0) is 52.7 Å². The Hall–Kier alpha value is -2.08. The molecule has 110 valence electrons. The van der Waals surface area contributed by atoms with Gasteiger partial charge in [-0.2, -0.15) is 0 Å². The Bertz CT molecular complexity index is 674. The minimum absolute atomic E-state index is 0.302. The second-order valence-corrected chi connectivity index (χ2v) is 5.26. The van der Waals surface area contributed by atoms with Crippen molar-refractivity contribution in [3.05, 3.63) is 46.1 Å². The fourth-order valence-electron chi connectivity index (χ4n) is 1.84. The number of ether oxygens (including phenoxy) is 2. The first-order chi connectivity index (χ1) is 10.0. The van der Waals surface area contributed by atoms with E-state index in [2.05, 4.69) is 26.2 Å². The number of carbonyl (C=O) groups excluding carboxylic acids is 1. The van der Waals surface area contributed by atoms with Crippen molar-refractivity contribution in [3.8, 4) is 11.5 Å². The van der Waals surface area contributed by atoms with Crippen molar-refractivity contribution in [3.63, 3.8) is 0 Å². The molecular weight excluding hydrogens is 336 g/mol. The summed E-state index contributed by atoms with van der Waals surface area (Å²) in [6, 6.07) is 6.93. The monoisotopic (exact) mass is 350 g/mol. The van der Waals surface area contributed by atoms with E-state index < -0.39 is 0 Å². The van der Waals surface area contributed by atoms with E-state index in [-0.39, 0.29) is 5.91 Å². The lowest BCUT2D eigenvalue weighted by Crippen LogP contribution is -2.15. The smallest absolute Gasteiger partial charge is 0.260 e. The van der Waals surface area contributed by atoms with Crippen LogP contribution in [0.4, 0.5) is 5.82 Å². The van der Waals surface area contributed by atoms with E-state index >= 15 is 0 Å². The normalized spacial score (nSPS) is 10.1. The van der Waals surface area contributed by atoms with E-state index in [0.717, 1.165) is 10.0 Å². The molecular formula is C15H15BrN2O3. The van der Waals surface area contributed by atoms with Crippen molar-refractivity contribution in [2.24, 2.45) is 0 Å². The highest BCUT2D eigenvalue weighted by atomic mass is 79.9. The molecule has 0 radical (unpaired) electrons. The molecule has 0 spiro atoms. The van der Waals surface area contributed by atoms with E-state index in [1.807, 2.05) is 13.0 Å². The molecule has 0 saturated heterocycles. The standard InChI is InChI=1S/C15H15BrN2O3/c1-9-6-10(16)8-17-14(9)18-15(19)12-7-11(20-2)4-5-13(12)21-3/h4-8H,1-3H3,(H,17,18,19). The Morgan fingerprint density at radius 1 is 1.24 bits per heavy atom. The summed E-state index contributed by atoms with van der Waals surface area (Å²) in [5.41, 5.74) is 1.25. The van der Waals surface area contributed by atoms with Crippen LogP contribution in [0.2, 0.25) is 0 Å². The number of aromatic nitrogens is 1. The maximum atomic E-state index is 12.4. The van der Waals surface area contributed by atoms with Crippen LogP contribution in [0.1, 0.15) is 15.9 Å². The van der Waals surface area contributed by atoms with Crippen molar-refractivity contribution in [2.75, 3.05) is 19.5 Å². The quantitative estimate of drug-likeness (QED) is 0.917. The third-order valence-electron chi connectivity index (χ3n) is 2.93. The maximum Gasteiger partial charge on any atom is 0.260 e. The number of amides is 1. The molecule has 5 nitrogen and oxygen atoms in total. The van der Waals surface area contributed by atoms with Crippen LogP contribution in [0, 0.1) is 6.92 Å². The van der Waals surface area contributed by atoms with E-state index in [1.165, 1.54) is 7.11 Å². The lowest BCUT2D eigenvalue weighted by molar-refractivity contribution is 0.102. The SMILES string of the molecule is COc1ccc(OC)c(C(=O)Nc2ncc(Br)cc2C)c1. The van der Waals surface area contributed by atoms with Crippen LogP contribution in [-0.2, 0) is 0 Å². The van der Waals surface area contributed by atoms with E-state index in [1.54, 1.807) is 31.5 Å². The third-order valence-corrected chi connectivity index (χ3v) is 3.36. The number of nitrogens with one attached hydrogen (secondary N) is 1. The molecule has 0 aliphatic rings. The Morgan fingerprint density at radius 3 is 2.62 bits per heavy atom. The summed E-state index contributed by atoms with van der Waals surface area (Å²) in [6.45, 7) is 1.87. The van der Waals surface area contributed by atoms with Crippen molar-refractivity contribution in [2.45, 2.75) is 6.92 Å². The van der Waals surface area contributed by atoms with Gasteiger partial charge in [0.1, 0.15) is 17.3 Å². The van der Waals surface area contributed by atoms with Gasteiger partial charge >= 0.3 is 0 Å². The van der Waals surface area contributed by atoms with Gasteiger partial charge < -0.3 is 14.8 Å². The predicted octanol–water partition coefficient (Wildman–Crippen LogP) is 3.42. The average molecular weight is 351 g/mol. The number of aryl methyl sites for hydroxylation is 1. The minimum atomic E-state index is -0.302. The highest BCUT2D eigenvalue weighted by molar-refractivity contribution is 9.10. The molecule has 2 aromatic rings. The van der Waals surface area contributed by atoms with Gasteiger partial charge in [-0.1, -0.05) is 0 Å². The Morgan fingerprint density at radius 2 is 2.00 bits per heavy atom. The molecule has 6 heteroatoms. The molecule has 0 bridgehead atoms. The topological polar surface area (TPSA) is 60.5 Å². The first-order valence-electron chi connectivity index (χ1n) is 6.20. The van der Waals surface area contributed by atoms with Crippen LogP contribution in [0.5, 0.6) is 11.5 Å². The zero-order chi connectivity index (χ0) is 15.4. The molecule has 0 aliphatic carbocycles. The Balaban J connectivity index is 2.31. The van der Waals surface area contributed by atoms with Crippen LogP contribution in [0.15, 0.2) is 34.9 Å². The fourth-order valence-corrected chi connectivity index (χ4v) is 2.28. The van der Waals surface area contributed by atoms with E-state index in [4.69, 9.17) is 9.47 Å². The largest absolute Gasteiger partial charge is 0.497 e. The average Bonchev–Trinajstić information content (AvgIpc) is 2.49.